The van der Waals surface area contributed by atoms with E-state index in [2.05, 4.69) is 22.1 Å². The minimum atomic E-state index is -0.472. The van der Waals surface area contributed by atoms with Crippen LogP contribution >= 0.6 is 23.4 Å². The molecule has 0 aliphatic carbocycles. The minimum absolute atomic E-state index is 0. The van der Waals surface area contributed by atoms with Crippen molar-refractivity contribution in [3.8, 4) is 5.88 Å². The van der Waals surface area contributed by atoms with Crippen molar-refractivity contribution in [2.75, 3.05) is 25.1 Å². The SMILES string of the molecule is COC1CCN(c2ccc(C(c3ccccc3)n3[nH]c(=O)c(Sc4ccccc4Cl)c3[O-])cc2)CC1.N. The summed E-state index contributed by atoms with van der Waals surface area (Å²) in [6.45, 7) is 1.89. The Bertz CT molecular complexity index is 1370. The van der Waals surface area contributed by atoms with E-state index in [1.807, 2.05) is 54.6 Å². The quantitative estimate of drug-likeness (QED) is 0.323. The molecule has 4 N–H and O–H groups in total. The van der Waals surface area contributed by atoms with Gasteiger partial charge in [0, 0.05) is 36.7 Å². The smallest absolute Gasteiger partial charge is 0.277 e. The fourth-order valence-corrected chi connectivity index (χ4v) is 5.78. The summed E-state index contributed by atoms with van der Waals surface area (Å²) < 4.78 is 6.92. The number of halogens is 1. The maximum atomic E-state index is 13.5. The third-order valence-electron chi connectivity index (χ3n) is 6.61. The van der Waals surface area contributed by atoms with Gasteiger partial charge in [0.2, 0.25) is 0 Å². The summed E-state index contributed by atoms with van der Waals surface area (Å²) in [5.41, 5.74) is 2.53. The summed E-state index contributed by atoms with van der Waals surface area (Å²) in [7, 11) is 1.77. The van der Waals surface area contributed by atoms with Gasteiger partial charge < -0.3 is 20.9 Å². The molecule has 0 radical (unpaired) electrons. The van der Waals surface area contributed by atoms with Crippen molar-refractivity contribution in [2.45, 2.75) is 34.8 Å². The third-order valence-corrected chi connectivity index (χ3v) is 8.19. The molecule has 1 unspecified atom stereocenters. The first-order chi connectivity index (χ1) is 17.5. The van der Waals surface area contributed by atoms with Crippen LogP contribution in [0.4, 0.5) is 5.69 Å². The van der Waals surface area contributed by atoms with Crippen LogP contribution in [0.5, 0.6) is 5.88 Å². The van der Waals surface area contributed by atoms with E-state index in [-0.39, 0.29) is 16.9 Å². The van der Waals surface area contributed by atoms with E-state index in [1.54, 1.807) is 19.2 Å². The monoisotopic (exact) mass is 537 g/mol. The van der Waals surface area contributed by atoms with Crippen LogP contribution in [0.1, 0.15) is 30.0 Å². The van der Waals surface area contributed by atoms with Gasteiger partial charge in [-0.2, -0.15) is 0 Å². The number of rotatable bonds is 7. The summed E-state index contributed by atoms with van der Waals surface area (Å²) >= 11 is 7.38. The molecule has 2 heterocycles. The second kappa shape index (κ2) is 11.9. The van der Waals surface area contributed by atoms with Crippen molar-refractivity contribution in [1.82, 2.24) is 15.9 Å². The number of hydrogen-bond donors (Lipinski definition) is 2. The average Bonchev–Trinajstić information content (AvgIpc) is 3.19. The Kier molecular flexibility index (Phi) is 8.66. The molecule has 1 fully saturated rings. The first kappa shape index (κ1) is 26.9. The standard InChI is InChI=1S/C28H28ClN3O3S.H3N/c1-35-22-15-17-31(18-16-22)21-13-11-20(12-14-21)25(19-7-3-2-4-8-19)32-28(34)26(27(33)30-32)36-24-10-6-5-9-23(24)29;/h2-14,22,25,34H,15-18H2,1H3,(H,30,33);1H3/p-1. The molecule has 0 spiro atoms. The van der Waals surface area contributed by atoms with Gasteiger partial charge in [-0.3, -0.25) is 14.6 Å². The molecule has 3 aromatic carbocycles. The number of aromatic amines is 1. The molecule has 1 aromatic heterocycles. The van der Waals surface area contributed by atoms with Crippen LogP contribution in [0.25, 0.3) is 0 Å². The number of ether oxygens (including phenoxy) is 1. The first-order valence-corrected chi connectivity index (χ1v) is 13.1. The molecule has 1 aliphatic rings. The van der Waals surface area contributed by atoms with Crippen LogP contribution in [0.2, 0.25) is 5.02 Å². The van der Waals surface area contributed by atoms with Crippen molar-refractivity contribution < 1.29 is 9.84 Å². The number of nitrogens with zero attached hydrogens (tertiary/aromatic N) is 2. The summed E-state index contributed by atoms with van der Waals surface area (Å²) in [4.78, 5) is 16.0. The highest BCUT2D eigenvalue weighted by Gasteiger charge is 2.23. The molecule has 9 heteroatoms. The summed E-state index contributed by atoms with van der Waals surface area (Å²) in [5, 5.41) is 16.8. The zero-order valence-electron chi connectivity index (χ0n) is 20.6. The Balaban J connectivity index is 0.00000320. The molecule has 1 aliphatic heterocycles. The fourth-order valence-electron chi connectivity index (χ4n) is 4.67. The van der Waals surface area contributed by atoms with Crippen molar-refractivity contribution in [3.63, 3.8) is 0 Å². The lowest BCUT2D eigenvalue weighted by atomic mass is 9.98. The molecular weight excluding hydrogens is 508 g/mol. The maximum absolute atomic E-state index is 13.5. The lowest BCUT2D eigenvalue weighted by Gasteiger charge is -2.33. The fraction of sp³-hybridized carbons (Fsp3) is 0.250. The van der Waals surface area contributed by atoms with Gasteiger partial charge >= 0.3 is 0 Å². The van der Waals surface area contributed by atoms with E-state index in [4.69, 9.17) is 16.3 Å². The number of aromatic nitrogens is 2. The molecule has 0 bridgehead atoms. The van der Waals surface area contributed by atoms with Gasteiger partial charge in [-0.1, -0.05) is 78.0 Å². The summed E-state index contributed by atoms with van der Waals surface area (Å²) in [6, 6.07) is 24.7. The highest BCUT2D eigenvalue weighted by molar-refractivity contribution is 7.99. The lowest BCUT2D eigenvalue weighted by molar-refractivity contribution is -0.284. The number of benzene rings is 3. The minimum Gasteiger partial charge on any atom is -0.858 e. The van der Waals surface area contributed by atoms with Crippen LogP contribution in [-0.4, -0.2) is 36.1 Å². The molecule has 1 saturated heterocycles. The Morgan fingerprint density at radius 1 is 0.973 bits per heavy atom. The largest absolute Gasteiger partial charge is 0.858 e. The van der Waals surface area contributed by atoms with Gasteiger partial charge in [0.15, 0.2) is 0 Å². The van der Waals surface area contributed by atoms with Gasteiger partial charge in [-0.25, -0.2) is 0 Å². The number of hydrogen-bond acceptors (Lipinski definition) is 6. The van der Waals surface area contributed by atoms with Gasteiger partial charge in [0.1, 0.15) is 0 Å². The Labute approximate surface area is 225 Å². The third kappa shape index (κ3) is 5.72. The van der Waals surface area contributed by atoms with Crippen molar-refractivity contribution in [3.05, 3.63) is 105 Å². The Morgan fingerprint density at radius 3 is 2.24 bits per heavy atom. The van der Waals surface area contributed by atoms with Crippen LogP contribution < -0.4 is 21.7 Å². The second-order valence-electron chi connectivity index (χ2n) is 8.80. The molecule has 0 saturated carbocycles. The molecule has 37 heavy (non-hydrogen) atoms. The topological polar surface area (TPSA) is 108 Å². The van der Waals surface area contributed by atoms with Gasteiger partial charge in [0.25, 0.3) is 5.56 Å². The Hall–Kier alpha value is -3.17. The molecular formula is C28H30ClN4O3S-. The van der Waals surface area contributed by atoms with E-state index in [9.17, 15) is 9.90 Å². The lowest BCUT2D eigenvalue weighted by Crippen LogP contribution is -2.36. The number of nitrogens with one attached hydrogen (secondary N) is 1. The average molecular weight is 538 g/mol. The summed E-state index contributed by atoms with van der Waals surface area (Å²) in [6.07, 6.45) is 2.32. The highest BCUT2D eigenvalue weighted by Crippen LogP contribution is 2.38. The molecule has 194 valence electrons. The van der Waals surface area contributed by atoms with E-state index in [1.165, 1.54) is 4.68 Å². The number of H-pyrrole nitrogens is 1. The van der Waals surface area contributed by atoms with E-state index < -0.39 is 11.6 Å². The molecule has 7 nitrogen and oxygen atoms in total. The number of piperidine rings is 1. The van der Waals surface area contributed by atoms with Crippen molar-refractivity contribution in [2.24, 2.45) is 0 Å². The Morgan fingerprint density at radius 2 is 1.59 bits per heavy atom. The van der Waals surface area contributed by atoms with E-state index >= 15 is 0 Å². The molecule has 1 atom stereocenters. The molecule has 5 rings (SSSR count). The second-order valence-corrected chi connectivity index (χ2v) is 10.3. The van der Waals surface area contributed by atoms with Gasteiger partial charge in [0.05, 0.1) is 22.1 Å². The zero-order valence-corrected chi connectivity index (χ0v) is 22.2. The van der Waals surface area contributed by atoms with E-state index in [0.717, 1.165) is 54.5 Å². The highest BCUT2D eigenvalue weighted by atomic mass is 35.5. The van der Waals surface area contributed by atoms with Crippen LogP contribution in [0.15, 0.2) is 93.4 Å². The van der Waals surface area contributed by atoms with Crippen molar-refractivity contribution in [1.29, 1.82) is 0 Å². The van der Waals surface area contributed by atoms with Gasteiger partial charge in [-0.05, 0) is 48.2 Å². The molecule has 4 aromatic rings. The number of methoxy groups -OCH3 is 1. The predicted molar refractivity (Wildman–Crippen MR) is 147 cm³/mol. The zero-order chi connectivity index (χ0) is 25.1. The number of anilines is 1. The van der Waals surface area contributed by atoms with E-state index in [0.29, 0.717) is 16.0 Å². The van der Waals surface area contributed by atoms with Crippen LogP contribution in [-0.2, 0) is 4.74 Å². The normalized spacial score (nSPS) is 14.8. The van der Waals surface area contributed by atoms with Crippen LogP contribution in [0.3, 0.4) is 0 Å². The summed E-state index contributed by atoms with van der Waals surface area (Å²) in [5.74, 6) is -0.371. The first-order valence-electron chi connectivity index (χ1n) is 11.9. The van der Waals surface area contributed by atoms with Gasteiger partial charge in [-0.15, -0.1) is 0 Å². The maximum Gasteiger partial charge on any atom is 0.277 e. The predicted octanol–water partition coefficient (Wildman–Crippen LogP) is 5.47. The van der Waals surface area contributed by atoms with Crippen molar-refractivity contribution >= 4 is 29.1 Å². The van der Waals surface area contributed by atoms with Crippen LogP contribution in [0, 0.1) is 0 Å². The molecule has 0 amide bonds.